The molecule has 0 spiro atoms. The van der Waals surface area contributed by atoms with E-state index < -0.39 is 40.5 Å². The molecule has 4 radical (unpaired) electrons. The summed E-state index contributed by atoms with van der Waals surface area (Å²) < 4.78 is 145. The average molecular weight is 2050 g/mol. The Hall–Kier alpha value is -4.64. The summed E-state index contributed by atoms with van der Waals surface area (Å²) in [7, 11) is -17.9. The normalized spacial score (nSPS) is 11.9. The van der Waals surface area contributed by atoms with Gasteiger partial charge in [-0.25, -0.2) is 33.7 Å². The second kappa shape index (κ2) is 69.2. The first-order valence-electron chi connectivity index (χ1n) is 51.9. The molecule has 0 aliphatic carbocycles. The summed E-state index contributed by atoms with van der Waals surface area (Å²) in [4.78, 5) is -0.0444. The van der Waals surface area contributed by atoms with Crippen molar-refractivity contribution in [3.05, 3.63) is 166 Å². The standard InChI is InChI=1S/4C28H44O3S.Pb/c4*1-3-5-7-9-11-13-15-18-24-20-17-21-25-22-26(19-16-14-12-10-8-6-4-2)28(23-27(24)25)32(29,30)31;/h4*17,20-23H,3-16,18-19H2,1-2H3,(H,29,30,31);/p-4. The van der Waals surface area contributed by atoms with Crippen LogP contribution in [-0.2, 0) is 91.8 Å². The molecule has 0 aliphatic rings. The molecule has 0 N–H and O–H groups in total. The molecule has 8 aromatic carbocycles. The molecule has 0 aliphatic heterocycles. The van der Waals surface area contributed by atoms with E-state index in [9.17, 15) is 51.9 Å². The van der Waals surface area contributed by atoms with Crippen LogP contribution in [0.3, 0.4) is 0 Å². The van der Waals surface area contributed by atoms with Crippen LogP contribution in [0.25, 0.3) is 43.1 Å². The summed E-state index contributed by atoms with van der Waals surface area (Å²) in [6.07, 6.45) is 74.2. The first-order chi connectivity index (χ1) is 61.9. The van der Waals surface area contributed by atoms with E-state index in [1.54, 1.807) is 24.3 Å². The fourth-order valence-electron chi connectivity index (χ4n) is 18.4. The monoisotopic (exact) mass is 2050 g/mol. The molecule has 0 amide bonds. The maximum Gasteiger partial charge on any atom is 0.124 e. The van der Waals surface area contributed by atoms with Gasteiger partial charge in [-0.15, -0.1) is 0 Å². The van der Waals surface area contributed by atoms with Gasteiger partial charge in [0.05, 0.1) is 19.6 Å². The number of hydrogen-bond acceptors (Lipinski definition) is 12. The first-order valence-corrected chi connectivity index (χ1v) is 57.5. The zero-order chi connectivity index (χ0) is 92.9. The SMILES string of the molecule is CCCCCCCCCc1cc2cccc(CCCCCCCCC)c2cc1S(=O)(=O)[O-].CCCCCCCCCc1cc2cccc(CCCCCCCCC)c2cc1S(=O)(=O)[O-].CCCCCCCCCc1cc2cccc(CCCCCCCCC)c2cc1S(=O)(=O)[O-].CCCCCCCCCc1cc2cccc(CCCCCCCCC)c2cc1S(=O)(=O)[O-].[Pb]. The van der Waals surface area contributed by atoms with E-state index in [-0.39, 0.29) is 46.9 Å². The molecule has 0 heterocycles. The van der Waals surface area contributed by atoms with Crippen LogP contribution in [0.5, 0.6) is 0 Å². The summed E-state index contributed by atoms with van der Waals surface area (Å²) in [5, 5.41) is 7.91. The number of hydrogen-bond donors (Lipinski definition) is 0. The van der Waals surface area contributed by atoms with Crippen LogP contribution in [0.2, 0.25) is 0 Å². The van der Waals surface area contributed by atoms with Gasteiger partial charge in [0.2, 0.25) is 0 Å². The third-order valence-corrected chi connectivity index (χ3v) is 29.8. The summed E-state index contributed by atoms with van der Waals surface area (Å²) in [5.41, 5.74) is 7.38. The van der Waals surface area contributed by atoms with E-state index in [0.29, 0.717) is 47.9 Å². The van der Waals surface area contributed by atoms with Crippen LogP contribution >= 0.6 is 0 Å². The number of unbranched alkanes of at least 4 members (excludes halogenated alkanes) is 48. The molecule has 0 saturated heterocycles. The minimum atomic E-state index is -4.48. The Morgan fingerprint density at radius 2 is 0.295 bits per heavy atom. The fourth-order valence-corrected chi connectivity index (χ4v) is 21.4. The van der Waals surface area contributed by atoms with Gasteiger partial charge in [-0.3, -0.25) is 0 Å². The van der Waals surface area contributed by atoms with Crippen molar-refractivity contribution < 1.29 is 51.9 Å². The van der Waals surface area contributed by atoms with E-state index in [1.165, 1.54) is 283 Å². The maximum atomic E-state index is 12.0. The van der Waals surface area contributed by atoms with Gasteiger partial charge in [-0.1, -0.05) is 436 Å². The largest absolute Gasteiger partial charge is 0.744 e. The van der Waals surface area contributed by atoms with Gasteiger partial charge in [-0.05, 0) is 239 Å². The Morgan fingerprint density at radius 3 is 0.426 bits per heavy atom. The summed E-state index contributed by atoms with van der Waals surface area (Å²) in [6, 6.07) is 39.1. The minimum Gasteiger partial charge on any atom is -0.744 e. The second-order valence-corrected chi connectivity index (χ2v) is 42.6. The Bertz CT molecular complexity index is 4220. The van der Waals surface area contributed by atoms with Crippen molar-refractivity contribution >= 4 is 111 Å². The van der Waals surface area contributed by atoms with Crippen molar-refractivity contribution in [1.29, 1.82) is 0 Å². The van der Waals surface area contributed by atoms with Gasteiger partial charge in [0.15, 0.2) is 0 Å². The Labute approximate surface area is 807 Å². The van der Waals surface area contributed by atoms with E-state index in [4.69, 9.17) is 0 Å². The van der Waals surface area contributed by atoms with Crippen LogP contribution in [0.4, 0.5) is 0 Å². The van der Waals surface area contributed by atoms with Crippen LogP contribution in [0.1, 0.15) is 459 Å². The summed E-state index contributed by atoms with van der Waals surface area (Å²) in [5.74, 6) is 0. The zero-order valence-electron chi connectivity index (χ0n) is 81.8. The van der Waals surface area contributed by atoms with Crippen molar-refractivity contribution in [1.82, 2.24) is 0 Å². The Morgan fingerprint density at radius 1 is 0.171 bits per heavy atom. The van der Waals surface area contributed by atoms with E-state index in [0.717, 1.165) is 168 Å². The average Bonchev–Trinajstić information content (AvgIpc) is 0.797. The molecule has 0 saturated carbocycles. The molecule has 129 heavy (non-hydrogen) atoms. The molecule has 724 valence electrons. The molecular formula is C112H172O12PbS4-4. The molecule has 12 nitrogen and oxygen atoms in total. The van der Waals surface area contributed by atoms with Crippen molar-refractivity contribution in [2.75, 3.05) is 0 Å². The first kappa shape index (κ1) is 117. The number of fused-ring (bicyclic) bond motifs is 4. The molecule has 0 aromatic heterocycles. The van der Waals surface area contributed by atoms with Crippen molar-refractivity contribution in [2.45, 2.75) is 486 Å². The molecule has 8 rings (SSSR count). The zero-order valence-corrected chi connectivity index (χ0v) is 89.0. The maximum absolute atomic E-state index is 12.0. The predicted molar refractivity (Wildman–Crippen MR) is 547 cm³/mol. The minimum absolute atomic E-state index is 0. The van der Waals surface area contributed by atoms with Gasteiger partial charge >= 0.3 is 0 Å². The molecule has 0 fully saturated rings. The van der Waals surface area contributed by atoms with Gasteiger partial charge in [0, 0.05) is 27.3 Å². The van der Waals surface area contributed by atoms with E-state index in [2.05, 4.69) is 104 Å². The fraction of sp³-hybridized carbons (Fsp3) is 0.643. The van der Waals surface area contributed by atoms with Gasteiger partial charge < -0.3 is 18.2 Å². The van der Waals surface area contributed by atoms with Gasteiger partial charge in [0.1, 0.15) is 40.5 Å². The van der Waals surface area contributed by atoms with Crippen molar-refractivity contribution in [3.8, 4) is 0 Å². The molecule has 0 bridgehead atoms. The number of aryl methyl sites for hydroxylation is 8. The topological polar surface area (TPSA) is 229 Å². The summed E-state index contributed by atoms with van der Waals surface area (Å²) in [6.45, 7) is 17.8. The Balaban J connectivity index is 0.000000359. The molecule has 0 unspecified atom stereocenters. The number of rotatable bonds is 68. The van der Waals surface area contributed by atoms with Crippen molar-refractivity contribution in [2.24, 2.45) is 0 Å². The molecular weight excluding hydrogens is 1870 g/mol. The van der Waals surface area contributed by atoms with Gasteiger partial charge in [0.25, 0.3) is 0 Å². The van der Waals surface area contributed by atoms with Crippen molar-refractivity contribution in [3.63, 3.8) is 0 Å². The van der Waals surface area contributed by atoms with E-state index >= 15 is 0 Å². The van der Waals surface area contributed by atoms with E-state index in [1.807, 2.05) is 48.5 Å². The van der Waals surface area contributed by atoms with Gasteiger partial charge in [-0.2, -0.15) is 0 Å². The second-order valence-electron chi connectivity index (χ2n) is 37.2. The summed E-state index contributed by atoms with van der Waals surface area (Å²) >= 11 is 0. The van der Waals surface area contributed by atoms with Crippen LogP contribution in [-0.4, -0.2) is 79.2 Å². The number of benzene rings is 8. The Kier molecular flexibility index (Phi) is 62.6. The van der Waals surface area contributed by atoms with Crippen LogP contribution in [0.15, 0.2) is 141 Å². The molecule has 0 atom stereocenters. The third-order valence-electron chi connectivity index (χ3n) is 26.1. The quantitative estimate of drug-likeness (QED) is 0.0197. The van der Waals surface area contributed by atoms with Crippen LogP contribution < -0.4 is 0 Å². The third kappa shape index (κ3) is 47.6. The molecule has 17 heteroatoms. The van der Waals surface area contributed by atoms with Crippen LogP contribution in [0, 0.1) is 0 Å². The molecule has 8 aromatic rings. The smallest absolute Gasteiger partial charge is 0.124 e. The predicted octanol–water partition coefficient (Wildman–Crippen LogP) is 32.9.